The fraction of sp³-hybridized carbons (Fsp3) is 0.318. The van der Waals surface area contributed by atoms with Crippen LogP contribution in [0, 0.1) is 11.6 Å². The summed E-state index contributed by atoms with van der Waals surface area (Å²) in [5.74, 6) is -1.39. The first-order chi connectivity index (χ1) is 15.7. The number of halogens is 2. The second-order valence-corrected chi connectivity index (χ2v) is 11.1. The number of benzene rings is 2. The minimum Gasteiger partial charge on any atom is -0.339 e. The van der Waals surface area contributed by atoms with Crippen molar-refractivity contribution in [3.8, 4) is 10.6 Å². The van der Waals surface area contributed by atoms with Crippen molar-refractivity contribution in [1.29, 1.82) is 0 Å². The molecule has 7 nitrogen and oxygen atoms in total. The molecule has 0 bridgehead atoms. The van der Waals surface area contributed by atoms with Crippen LogP contribution in [0.4, 0.5) is 8.78 Å². The number of carbonyl (C=O) groups is 1. The van der Waals surface area contributed by atoms with Crippen LogP contribution in [0.2, 0.25) is 0 Å². The lowest BCUT2D eigenvalue weighted by atomic mass is 9.97. The Hall–Kier alpha value is -2.76. The van der Waals surface area contributed by atoms with Gasteiger partial charge in [0.05, 0.1) is 4.90 Å². The molecule has 11 heteroatoms. The average Bonchev–Trinajstić information content (AvgIpc) is 3.28. The smallest absolute Gasteiger partial charge is 0.253 e. The van der Waals surface area contributed by atoms with Gasteiger partial charge in [-0.15, -0.1) is 10.2 Å². The monoisotopic (exact) mass is 492 g/mol. The van der Waals surface area contributed by atoms with Crippen molar-refractivity contribution in [3.63, 3.8) is 0 Å². The van der Waals surface area contributed by atoms with E-state index in [4.69, 9.17) is 0 Å². The molecule has 0 unspecified atom stereocenters. The molecule has 1 amide bonds. The Morgan fingerprint density at radius 3 is 2.33 bits per heavy atom. The highest BCUT2D eigenvalue weighted by molar-refractivity contribution is 7.89. The van der Waals surface area contributed by atoms with Crippen LogP contribution in [0.3, 0.4) is 0 Å². The average molecular weight is 493 g/mol. The lowest BCUT2D eigenvalue weighted by Gasteiger charge is -2.31. The zero-order valence-corrected chi connectivity index (χ0v) is 19.7. The van der Waals surface area contributed by atoms with Gasteiger partial charge in [-0.05, 0) is 49.2 Å². The summed E-state index contributed by atoms with van der Waals surface area (Å²) in [5, 5.41) is 9.43. The van der Waals surface area contributed by atoms with Gasteiger partial charge in [0.2, 0.25) is 10.0 Å². The number of rotatable bonds is 5. The van der Waals surface area contributed by atoms with Crippen LogP contribution in [0.25, 0.3) is 10.6 Å². The maximum atomic E-state index is 14.0. The molecule has 1 fully saturated rings. The largest absolute Gasteiger partial charge is 0.339 e. The number of sulfonamides is 1. The third kappa shape index (κ3) is 4.80. The van der Waals surface area contributed by atoms with E-state index in [9.17, 15) is 22.0 Å². The molecule has 4 rings (SSSR count). The van der Waals surface area contributed by atoms with Gasteiger partial charge < -0.3 is 4.90 Å². The number of aromatic nitrogens is 2. The van der Waals surface area contributed by atoms with Crippen LogP contribution in [0.5, 0.6) is 0 Å². The third-order valence-electron chi connectivity index (χ3n) is 5.61. The molecule has 0 spiro atoms. The van der Waals surface area contributed by atoms with Gasteiger partial charge >= 0.3 is 0 Å². The van der Waals surface area contributed by atoms with Crippen molar-refractivity contribution in [2.75, 3.05) is 27.2 Å². The number of amides is 1. The molecule has 1 aromatic heterocycles. The third-order valence-corrected chi connectivity index (χ3v) is 8.56. The summed E-state index contributed by atoms with van der Waals surface area (Å²) in [6.45, 7) is 1.03. The molecular weight excluding hydrogens is 470 g/mol. The molecule has 0 atom stereocenters. The standard InChI is InChI=1S/C22H22F2N4O3S2/c1-27(2)33(30,31)17-6-3-15(4-7-17)22(29)28-11-9-14(10-12-28)20-25-26-21(32-20)18-8-5-16(23)13-19(18)24/h3-8,13-14H,9-12H2,1-2H3. The van der Waals surface area contributed by atoms with Gasteiger partial charge in [-0.2, -0.15) is 0 Å². The lowest BCUT2D eigenvalue weighted by Crippen LogP contribution is -2.37. The number of hydrogen-bond acceptors (Lipinski definition) is 6. The fourth-order valence-corrected chi connectivity index (χ4v) is 5.60. The van der Waals surface area contributed by atoms with Crippen molar-refractivity contribution in [1.82, 2.24) is 19.4 Å². The zero-order chi connectivity index (χ0) is 23.8. The summed E-state index contributed by atoms with van der Waals surface area (Å²) in [6, 6.07) is 9.29. The van der Waals surface area contributed by atoms with Gasteiger partial charge in [0.15, 0.2) is 5.01 Å². The van der Waals surface area contributed by atoms with E-state index in [0.717, 1.165) is 15.4 Å². The summed E-state index contributed by atoms with van der Waals surface area (Å²) in [5.41, 5.74) is 0.642. The van der Waals surface area contributed by atoms with Crippen molar-refractivity contribution in [2.24, 2.45) is 0 Å². The van der Waals surface area contributed by atoms with E-state index in [0.29, 0.717) is 36.5 Å². The maximum absolute atomic E-state index is 14.0. The molecule has 1 saturated heterocycles. The van der Waals surface area contributed by atoms with Gasteiger partial charge in [-0.3, -0.25) is 4.79 Å². The highest BCUT2D eigenvalue weighted by atomic mass is 32.2. The van der Waals surface area contributed by atoms with Gasteiger partial charge in [-0.1, -0.05) is 11.3 Å². The molecule has 0 aliphatic carbocycles. The molecule has 2 heterocycles. The molecular formula is C22H22F2N4O3S2. The van der Waals surface area contributed by atoms with Crippen molar-refractivity contribution in [3.05, 3.63) is 64.7 Å². The van der Waals surface area contributed by atoms with E-state index in [1.165, 1.54) is 61.8 Å². The van der Waals surface area contributed by atoms with Crippen LogP contribution in [-0.4, -0.2) is 60.9 Å². The Morgan fingerprint density at radius 2 is 1.73 bits per heavy atom. The normalized spacial score (nSPS) is 15.2. The molecule has 0 N–H and O–H groups in total. The van der Waals surface area contributed by atoms with Gasteiger partial charge in [-0.25, -0.2) is 21.5 Å². The Labute approximate surface area is 194 Å². The van der Waals surface area contributed by atoms with Crippen LogP contribution in [0.15, 0.2) is 47.4 Å². The number of hydrogen-bond donors (Lipinski definition) is 0. The van der Waals surface area contributed by atoms with E-state index in [1.54, 1.807) is 4.90 Å². The number of carbonyl (C=O) groups excluding carboxylic acids is 1. The summed E-state index contributed by atoms with van der Waals surface area (Å²) in [7, 11) is -0.642. The second-order valence-electron chi connectivity index (χ2n) is 7.95. The first kappa shape index (κ1) is 23.4. The van der Waals surface area contributed by atoms with E-state index < -0.39 is 21.7 Å². The number of nitrogens with zero attached hydrogens (tertiary/aromatic N) is 4. The quantitative estimate of drug-likeness (QED) is 0.542. The molecule has 1 aliphatic rings. The van der Waals surface area contributed by atoms with E-state index >= 15 is 0 Å². The molecule has 174 valence electrons. The highest BCUT2D eigenvalue weighted by Gasteiger charge is 2.28. The van der Waals surface area contributed by atoms with Gasteiger partial charge in [0.25, 0.3) is 5.91 Å². The summed E-state index contributed by atoms with van der Waals surface area (Å²) in [6.07, 6.45) is 1.36. The van der Waals surface area contributed by atoms with Gasteiger partial charge in [0.1, 0.15) is 16.6 Å². The first-order valence-electron chi connectivity index (χ1n) is 10.3. The van der Waals surface area contributed by atoms with E-state index in [1.807, 2.05) is 0 Å². The Balaban J connectivity index is 1.40. The van der Waals surface area contributed by atoms with E-state index in [2.05, 4.69) is 10.2 Å². The fourth-order valence-electron chi connectivity index (χ4n) is 3.66. The highest BCUT2D eigenvalue weighted by Crippen LogP contribution is 2.34. The summed E-state index contributed by atoms with van der Waals surface area (Å²) in [4.78, 5) is 14.7. The van der Waals surface area contributed by atoms with E-state index in [-0.39, 0.29) is 22.3 Å². The predicted octanol–water partition coefficient (Wildman–Crippen LogP) is 3.75. The van der Waals surface area contributed by atoms with Crippen molar-refractivity contribution < 1.29 is 22.0 Å². The zero-order valence-electron chi connectivity index (χ0n) is 18.0. The van der Waals surface area contributed by atoms with Crippen LogP contribution >= 0.6 is 11.3 Å². The number of likely N-dealkylation sites (tertiary alicyclic amines) is 1. The summed E-state index contributed by atoms with van der Waals surface area (Å²) < 4.78 is 52.7. The van der Waals surface area contributed by atoms with Crippen LogP contribution in [-0.2, 0) is 10.0 Å². The Morgan fingerprint density at radius 1 is 1.06 bits per heavy atom. The maximum Gasteiger partial charge on any atom is 0.253 e. The molecule has 2 aromatic carbocycles. The molecule has 3 aromatic rings. The predicted molar refractivity (Wildman–Crippen MR) is 120 cm³/mol. The Bertz CT molecular complexity index is 1270. The van der Waals surface area contributed by atoms with Gasteiger partial charge in [0, 0.05) is 50.3 Å². The van der Waals surface area contributed by atoms with Crippen LogP contribution < -0.4 is 0 Å². The van der Waals surface area contributed by atoms with Crippen molar-refractivity contribution >= 4 is 27.3 Å². The lowest BCUT2D eigenvalue weighted by molar-refractivity contribution is 0.0712. The Kier molecular flexibility index (Phi) is 6.55. The molecule has 0 radical (unpaired) electrons. The second kappa shape index (κ2) is 9.24. The minimum atomic E-state index is -3.55. The SMILES string of the molecule is CN(C)S(=O)(=O)c1ccc(C(=O)N2CCC(c3nnc(-c4ccc(F)cc4F)s3)CC2)cc1. The first-order valence-corrected chi connectivity index (χ1v) is 12.5. The molecule has 33 heavy (non-hydrogen) atoms. The minimum absolute atomic E-state index is 0.0939. The van der Waals surface area contributed by atoms with Crippen molar-refractivity contribution in [2.45, 2.75) is 23.7 Å². The summed E-state index contributed by atoms with van der Waals surface area (Å²) >= 11 is 1.28. The molecule has 0 saturated carbocycles. The topological polar surface area (TPSA) is 83.5 Å². The van der Waals surface area contributed by atoms with Crippen LogP contribution in [0.1, 0.15) is 34.1 Å². The molecule has 1 aliphatic heterocycles. The number of piperidine rings is 1.